The van der Waals surface area contributed by atoms with Crippen LogP contribution in [0.1, 0.15) is 0 Å². The predicted octanol–water partition coefficient (Wildman–Crippen LogP) is 0.270. The molecule has 12 heavy (non-hydrogen) atoms. The molecule has 0 aliphatic rings. The number of nitrogens with two attached hydrogens (primary N) is 1. The Bertz CT molecular complexity index is 281. The largest absolute Gasteiger partial charge is 0.707 e. The quantitative estimate of drug-likeness (QED) is 0.459. The second kappa shape index (κ2) is 3.66. The molecule has 1 aromatic carbocycles. The van der Waals surface area contributed by atoms with Crippen molar-refractivity contribution in [3.05, 3.63) is 23.2 Å². The Kier molecular flexibility index (Phi) is 2.81. The molecule has 0 atom stereocenters. The highest BCUT2D eigenvalue weighted by Crippen LogP contribution is 2.23. The van der Waals surface area contributed by atoms with Crippen molar-refractivity contribution in [2.45, 2.75) is 0 Å². The van der Waals surface area contributed by atoms with Crippen molar-refractivity contribution in [1.82, 2.24) is 0 Å². The van der Waals surface area contributed by atoms with Crippen LogP contribution in [0.25, 0.3) is 0 Å². The minimum absolute atomic E-state index is 0.256. The summed E-state index contributed by atoms with van der Waals surface area (Å²) in [4.78, 5) is 0. The monoisotopic (exact) mass is 187 g/mol. The van der Waals surface area contributed by atoms with E-state index in [4.69, 9.17) is 27.4 Å². The molecular weight excluding hydrogens is 180 g/mol. The number of hydrogen-bond donors (Lipinski definition) is 3. The molecule has 0 saturated carbocycles. The third kappa shape index (κ3) is 2.30. The van der Waals surface area contributed by atoms with Crippen molar-refractivity contribution in [3.63, 3.8) is 0 Å². The van der Waals surface area contributed by atoms with Crippen LogP contribution in [0.3, 0.4) is 0 Å². The van der Waals surface area contributed by atoms with Crippen LogP contribution in [0.15, 0.2) is 18.2 Å². The molecule has 64 valence electrons. The molecule has 0 fully saturated rings. The molecule has 1 rings (SSSR count). The minimum Gasteiger partial charge on any atom is -0.512 e. The van der Waals surface area contributed by atoms with Crippen molar-refractivity contribution in [2.75, 3.05) is 5.73 Å². The maximum Gasteiger partial charge on any atom is 0.707 e. The van der Waals surface area contributed by atoms with Gasteiger partial charge in [0.05, 0.1) is 10.7 Å². The summed E-state index contributed by atoms with van der Waals surface area (Å²) in [5, 5.41) is 17.2. The molecule has 0 unspecified atom stereocenters. The van der Waals surface area contributed by atoms with E-state index in [2.05, 4.69) is 4.65 Å². The fourth-order valence-corrected chi connectivity index (χ4v) is 0.834. The Hall–Kier alpha value is -0.905. The first-order chi connectivity index (χ1) is 5.59. The molecule has 1 aromatic rings. The number of benzene rings is 1. The topological polar surface area (TPSA) is 75.7 Å². The molecule has 0 amide bonds. The molecule has 4 nitrogen and oxygen atoms in total. The molecule has 0 aliphatic carbocycles. The molecular formula is C6H7BClNO3. The number of anilines is 1. The summed E-state index contributed by atoms with van der Waals surface area (Å²) in [6.07, 6.45) is 0. The van der Waals surface area contributed by atoms with Crippen molar-refractivity contribution in [1.29, 1.82) is 0 Å². The molecule has 0 radical (unpaired) electrons. The van der Waals surface area contributed by atoms with Crippen LogP contribution in [-0.2, 0) is 0 Å². The van der Waals surface area contributed by atoms with E-state index in [1.807, 2.05) is 0 Å². The molecule has 0 spiro atoms. The van der Waals surface area contributed by atoms with E-state index in [0.29, 0.717) is 10.7 Å². The van der Waals surface area contributed by atoms with Gasteiger partial charge in [-0.15, -0.1) is 0 Å². The summed E-state index contributed by atoms with van der Waals surface area (Å²) in [6.45, 7) is 0. The van der Waals surface area contributed by atoms with Gasteiger partial charge in [0.15, 0.2) is 0 Å². The number of rotatable bonds is 2. The third-order valence-corrected chi connectivity index (χ3v) is 1.55. The smallest absolute Gasteiger partial charge is 0.512 e. The Morgan fingerprint density at radius 3 is 2.58 bits per heavy atom. The lowest BCUT2D eigenvalue weighted by molar-refractivity contribution is 0.288. The lowest BCUT2D eigenvalue weighted by Crippen LogP contribution is -2.20. The van der Waals surface area contributed by atoms with E-state index in [0.717, 1.165) is 0 Å². The average molecular weight is 187 g/mol. The Morgan fingerprint density at radius 2 is 2.08 bits per heavy atom. The Morgan fingerprint density at radius 1 is 1.42 bits per heavy atom. The first kappa shape index (κ1) is 9.19. The van der Waals surface area contributed by atoms with Gasteiger partial charge in [0.1, 0.15) is 5.75 Å². The molecule has 0 heterocycles. The summed E-state index contributed by atoms with van der Waals surface area (Å²) < 4.78 is 4.52. The van der Waals surface area contributed by atoms with E-state index in [9.17, 15) is 0 Å². The first-order valence-corrected chi connectivity index (χ1v) is 3.55. The van der Waals surface area contributed by atoms with Crippen molar-refractivity contribution >= 4 is 24.6 Å². The normalized spacial score (nSPS) is 9.58. The summed E-state index contributed by atoms with van der Waals surface area (Å²) in [5.74, 6) is 0.256. The lowest BCUT2D eigenvalue weighted by atomic mass is 10.2. The zero-order valence-corrected chi connectivity index (χ0v) is 6.82. The SMILES string of the molecule is Nc1cc(OB(O)O)ccc1Cl. The third-order valence-electron chi connectivity index (χ3n) is 1.21. The van der Waals surface area contributed by atoms with Crippen LogP contribution < -0.4 is 10.4 Å². The van der Waals surface area contributed by atoms with Gasteiger partial charge in [0.2, 0.25) is 0 Å². The van der Waals surface area contributed by atoms with Crippen LogP contribution in [0.4, 0.5) is 5.69 Å². The number of halogens is 1. The zero-order valence-electron chi connectivity index (χ0n) is 6.07. The van der Waals surface area contributed by atoms with Gasteiger partial charge in [-0.3, -0.25) is 0 Å². The zero-order chi connectivity index (χ0) is 9.14. The first-order valence-electron chi connectivity index (χ1n) is 3.17. The van der Waals surface area contributed by atoms with Crippen molar-refractivity contribution in [2.24, 2.45) is 0 Å². The van der Waals surface area contributed by atoms with Crippen LogP contribution >= 0.6 is 11.6 Å². The van der Waals surface area contributed by atoms with Gasteiger partial charge in [-0.05, 0) is 12.1 Å². The minimum atomic E-state index is -1.84. The molecule has 0 bridgehead atoms. The number of hydrogen-bond acceptors (Lipinski definition) is 4. The maximum atomic E-state index is 8.43. The fourth-order valence-electron chi connectivity index (χ4n) is 0.717. The van der Waals surface area contributed by atoms with Gasteiger partial charge < -0.3 is 20.4 Å². The molecule has 0 aliphatic heterocycles. The maximum absolute atomic E-state index is 8.43. The van der Waals surface area contributed by atoms with E-state index >= 15 is 0 Å². The highest BCUT2D eigenvalue weighted by atomic mass is 35.5. The van der Waals surface area contributed by atoms with Crippen LogP contribution in [-0.4, -0.2) is 17.4 Å². The Balaban J connectivity index is 2.82. The van der Waals surface area contributed by atoms with Crippen LogP contribution in [0, 0.1) is 0 Å². The Labute approximate surface area is 74.7 Å². The van der Waals surface area contributed by atoms with E-state index in [1.165, 1.54) is 18.2 Å². The van der Waals surface area contributed by atoms with E-state index in [-0.39, 0.29) is 5.75 Å². The van der Waals surface area contributed by atoms with Gasteiger partial charge in [-0.1, -0.05) is 11.6 Å². The summed E-state index contributed by atoms with van der Waals surface area (Å²) in [5.41, 5.74) is 5.75. The van der Waals surface area contributed by atoms with Crippen LogP contribution in [0.5, 0.6) is 5.75 Å². The van der Waals surface area contributed by atoms with Gasteiger partial charge in [0, 0.05) is 6.07 Å². The van der Waals surface area contributed by atoms with Crippen LogP contribution in [0.2, 0.25) is 5.02 Å². The van der Waals surface area contributed by atoms with Gasteiger partial charge in [-0.25, -0.2) is 0 Å². The van der Waals surface area contributed by atoms with Gasteiger partial charge in [-0.2, -0.15) is 0 Å². The average Bonchev–Trinajstić information content (AvgIpc) is 1.96. The molecule has 0 saturated heterocycles. The molecule has 0 aromatic heterocycles. The highest BCUT2D eigenvalue weighted by molar-refractivity contribution is 6.34. The highest BCUT2D eigenvalue weighted by Gasteiger charge is 2.11. The number of nitrogen functional groups attached to an aromatic ring is 1. The van der Waals surface area contributed by atoms with Crippen molar-refractivity contribution in [3.8, 4) is 5.75 Å². The molecule has 6 heteroatoms. The second-order valence-corrected chi connectivity index (χ2v) is 2.53. The lowest BCUT2D eigenvalue weighted by Gasteiger charge is -2.05. The summed E-state index contributed by atoms with van der Waals surface area (Å²) in [7, 11) is -1.84. The van der Waals surface area contributed by atoms with E-state index in [1.54, 1.807) is 0 Å². The van der Waals surface area contributed by atoms with Crippen molar-refractivity contribution < 1.29 is 14.7 Å². The summed E-state index contributed by atoms with van der Waals surface area (Å²) >= 11 is 5.61. The second-order valence-electron chi connectivity index (χ2n) is 2.13. The van der Waals surface area contributed by atoms with Gasteiger partial charge >= 0.3 is 7.32 Å². The summed E-state index contributed by atoms with van der Waals surface area (Å²) in [6, 6.07) is 4.40. The fraction of sp³-hybridized carbons (Fsp3) is 0. The predicted molar refractivity (Wildman–Crippen MR) is 46.7 cm³/mol. The standard InChI is InChI=1S/C6H7BClNO3/c8-5-2-1-4(3-6(5)9)12-7(10)11/h1-3,10-11H,9H2. The van der Waals surface area contributed by atoms with Gasteiger partial charge in [0.25, 0.3) is 0 Å². The van der Waals surface area contributed by atoms with E-state index < -0.39 is 7.32 Å². The molecule has 4 N–H and O–H groups in total.